The van der Waals surface area contributed by atoms with Gasteiger partial charge in [0.15, 0.2) is 0 Å². The minimum Gasteiger partial charge on any atom is -0.630 e. The minimum atomic E-state index is 0.602. The van der Waals surface area contributed by atoms with Gasteiger partial charge < -0.3 is 16.0 Å². The van der Waals surface area contributed by atoms with Crippen molar-refractivity contribution in [1.29, 1.82) is 0 Å². The van der Waals surface area contributed by atoms with Gasteiger partial charge in [0.1, 0.15) is 11.5 Å². The highest BCUT2D eigenvalue weighted by Crippen LogP contribution is 2.17. The van der Waals surface area contributed by atoms with Gasteiger partial charge in [-0.25, -0.2) is 4.98 Å². The van der Waals surface area contributed by atoms with Crippen LogP contribution in [0.15, 0.2) is 30.5 Å². The van der Waals surface area contributed by atoms with Crippen LogP contribution in [0.2, 0.25) is 0 Å². The smallest absolute Gasteiger partial charge is 0.136 e. The zero-order chi connectivity index (χ0) is 12.3. The predicted octanol–water partition coefficient (Wildman–Crippen LogP) is 1.53. The third kappa shape index (κ3) is 2.99. The molecule has 2 heterocycles. The summed E-state index contributed by atoms with van der Waals surface area (Å²) >= 11 is 0. The Morgan fingerprint density at radius 1 is 1.18 bits per heavy atom. The van der Waals surface area contributed by atoms with Crippen molar-refractivity contribution in [3.63, 3.8) is 0 Å². The summed E-state index contributed by atoms with van der Waals surface area (Å²) < 4.78 is 0. The largest absolute Gasteiger partial charge is 0.630 e. The van der Waals surface area contributed by atoms with E-state index in [4.69, 9.17) is 0 Å². The molecule has 0 aromatic carbocycles. The summed E-state index contributed by atoms with van der Waals surface area (Å²) in [4.78, 5) is 8.44. The number of aryl methyl sites for hydroxylation is 2. The van der Waals surface area contributed by atoms with E-state index in [0.717, 1.165) is 22.6 Å². The summed E-state index contributed by atoms with van der Waals surface area (Å²) in [6.07, 6.45) is 1.60. The molecule has 0 saturated carbocycles. The lowest BCUT2D eigenvalue weighted by Crippen LogP contribution is -2.70. The van der Waals surface area contributed by atoms with Crippen LogP contribution in [0.1, 0.15) is 11.4 Å². The van der Waals surface area contributed by atoms with E-state index in [2.05, 4.69) is 15.3 Å². The number of nitrogens with zero attached hydrogens (tertiary/aromatic N) is 2. The second-order valence-corrected chi connectivity index (χ2v) is 3.86. The lowest BCUT2D eigenvalue weighted by Gasteiger charge is -2.08. The summed E-state index contributed by atoms with van der Waals surface area (Å²) in [5.74, 6) is 0.652. The van der Waals surface area contributed by atoms with E-state index in [0.29, 0.717) is 11.5 Å². The van der Waals surface area contributed by atoms with Gasteiger partial charge in [0.2, 0.25) is 0 Å². The van der Waals surface area contributed by atoms with Crippen LogP contribution in [0, 0.1) is 19.1 Å². The van der Waals surface area contributed by atoms with Crippen molar-refractivity contribution in [2.75, 3.05) is 5.32 Å². The van der Waals surface area contributed by atoms with Crippen molar-refractivity contribution in [2.24, 2.45) is 0 Å². The molecule has 0 radical (unpaired) electrons. The van der Waals surface area contributed by atoms with Crippen molar-refractivity contribution in [1.82, 2.24) is 9.97 Å². The molecule has 0 aliphatic rings. The average molecular weight is 230 g/mol. The molecular weight excluding hydrogens is 216 g/mol. The van der Waals surface area contributed by atoms with E-state index >= 15 is 0 Å². The van der Waals surface area contributed by atoms with Crippen molar-refractivity contribution in [3.8, 4) is 0 Å². The number of nitrogens with two attached hydrogens (primary N) is 1. The third-order valence-electron chi connectivity index (χ3n) is 2.27. The van der Waals surface area contributed by atoms with E-state index in [1.807, 2.05) is 26.0 Å². The van der Waals surface area contributed by atoms with E-state index in [1.165, 1.54) is 0 Å². The van der Waals surface area contributed by atoms with Gasteiger partial charge in [-0.3, -0.25) is 4.98 Å². The molecule has 3 N–H and O–H groups in total. The first kappa shape index (κ1) is 11.5. The molecule has 5 nitrogen and oxygen atoms in total. The van der Waals surface area contributed by atoms with Crippen molar-refractivity contribution in [3.05, 3.63) is 47.1 Å². The van der Waals surface area contributed by atoms with Gasteiger partial charge >= 0.3 is 0 Å². The van der Waals surface area contributed by atoms with E-state index in [1.54, 1.807) is 18.3 Å². The molecule has 0 fully saturated rings. The Kier molecular flexibility index (Phi) is 3.32. The Balaban J connectivity index is 2.24. The third-order valence-corrected chi connectivity index (χ3v) is 2.27. The van der Waals surface area contributed by atoms with Gasteiger partial charge in [-0.15, -0.1) is 0 Å². The molecule has 0 aliphatic heterocycles. The van der Waals surface area contributed by atoms with E-state index < -0.39 is 0 Å². The van der Waals surface area contributed by atoms with Crippen LogP contribution >= 0.6 is 0 Å². The maximum absolute atomic E-state index is 10.7. The molecule has 5 heteroatoms. The summed E-state index contributed by atoms with van der Waals surface area (Å²) in [5, 5.41) is 13.8. The molecule has 0 amide bonds. The molecule has 0 aliphatic carbocycles. The first-order valence-electron chi connectivity index (χ1n) is 5.31. The maximum Gasteiger partial charge on any atom is 0.136 e. The molecule has 0 bridgehead atoms. The highest BCUT2D eigenvalue weighted by Gasteiger charge is 2.00. The molecule has 2 aromatic heterocycles. The van der Waals surface area contributed by atoms with Crippen molar-refractivity contribution in [2.45, 2.75) is 13.8 Å². The number of nitrogens with one attached hydrogen (secondary N) is 1. The maximum atomic E-state index is 10.7. The first-order valence-corrected chi connectivity index (χ1v) is 5.31. The minimum absolute atomic E-state index is 0.602. The van der Waals surface area contributed by atoms with Crippen LogP contribution in [0.5, 0.6) is 0 Å². The van der Waals surface area contributed by atoms with E-state index in [9.17, 15) is 5.21 Å². The van der Waals surface area contributed by atoms with Crippen LogP contribution in [-0.2, 0) is 0 Å². The number of hydrogen-bond donors (Lipinski definition) is 2. The fourth-order valence-electron chi connectivity index (χ4n) is 1.64. The number of pyridine rings is 2. The molecule has 2 rings (SSSR count). The number of rotatable bonds is 3. The lowest BCUT2D eigenvalue weighted by molar-refractivity contribution is -0.497. The van der Waals surface area contributed by atoms with Crippen molar-refractivity contribution < 1.29 is 5.48 Å². The van der Waals surface area contributed by atoms with Crippen LogP contribution in [0.4, 0.5) is 17.2 Å². The average Bonchev–Trinajstić information content (AvgIpc) is 2.28. The fourth-order valence-corrected chi connectivity index (χ4v) is 1.64. The standard InChI is InChI=1S/C12H14N4O/c1-8-5-11(6-9(2)14-8)15-12-7-10(16-17)3-4-13-12/h3-7H,16H2,1-2H3,(H,13,14,15). The number of quaternary nitrogens is 1. The Morgan fingerprint density at radius 3 is 2.53 bits per heavy atom. The molecule has 0 unspecified atom stereocenters. The van der Waals surface area contributed by atoms with Gasteiger partial charge in [-0.2, -0.15) is 0 Å². The van der Waals surface area contributed by atoms with Gasteiger partial charge in [-0.1, -0.05) is 0 Å². The zero-order valence-electron chi connectivity index (χ0n) is 9.77. The molecule has 88 valence electrons. The fraction of sp³-hybridized carbons (Fsp3) is 0.167. The number of anilines is 2. The van der Waals surface area contributed by atoms with Gasteiger partial charge in [-0.05, 0) is 26.0 Å². The zero-order valence-corrected chi connectivity index (χ0v) is 9.77. The monoisotopic (exact) mass is 230 g/mol. The predicted molar refractivity (Wildman–Crippen MR) is 66.2 cm³/mol. The molecule has 0 spiro atoms. The molecule has 0 atom stereocenters. The summed E-state index contributed by atoms with van der Waals surface area (Å²) in [5.41, 5.74) is 4.21. The highest BCUT2D eigenvalue weighted by atomic mass is 16.5. The first-order chi connectivity index (χ1) is 8.17. The lowest BCUT2D eigenvalue weighted by atomic mass is 10.3. The number of hydrogen-bond acceptors (Lipinski definition) is 4. The quantitative estimate of drug-likeness (QED) is 0.784. The van der Waals surface area contributed by atoms with Crippen molar-refractivity contribution >= 4 is 17.2 Å². The second kappa shape index (κ2) is 4.90. The van der Waals surface area contributed by atoms with Crippen LogP contribution in [0.3, 0.4) is 0 Å². The summed E-state index contributed by atoms with van der Waals surface area (Å²) in [7, 11) is 0. The Morgan fingerprint density at radius 2 is 1.88 bits per heavy atom. The Labute approximate surface area is 99.5 Å². The Hall–Kier alpha value is -1.98. The van der Waals surface area contributed by atoms with Crippen LogP contribution in [0.25, 0.3) is 0 Å². The van der Waals surface area contributed by atoms with Gasteiger partial charge in [0.05, 0.1) is 0 Å². The molecule has 17 heavy (non-hydrogen) atoms. The molecule has 0 saturated heterocycles. The van der Waals surface area contributed by atoms with E-state index in [-0.39, 0.29) is 0 Å². The topological polar surface area (TPSA) is 77.5 Å². The van der Waals surface area contributed by atoms with Gasteiger partial charge in [0, 0.05) is 35.4 Å². The second-order valence-electron chi connectivity index (χ2n) is 3.86. The SMILES string of the molecule is Cc1cc(Nc2cc([NH2+][O-])ccn2)cc(C)n1. The normalized spacial score (nSPS) is 10.3. The van der Waals surface area contributed by atoms with Crippen LogP contribution in [-0.4, -0.2) is 9.97 Å². The summed E-state index contributed by atoms with van der Waals surface area (Å²) in [6.45, 7) is 3.88. The van der Waals surface area contributed by atoms with Crippen LogP contribution < -0.4 is 10.8 Å². The summed E-state index contributed by atoms with van der Waals surface area (Å²) in [6, 6.07) is 7.24. The highest BCUT2D eigenvalue weighted by molar-refractivity contribution is 5.58. The molecular formula is C12H14N4O. The molecule has 2 aromatic rings. The Bertz CT molecular complexity index is 507. The number of aromatic nitrogens is 2. The van der Waals surface area contributed by atoms with Gasteiger partial charge in [0.25, 0.3) is 0 Å².